The second-order valence-corrected chi connectivity index (χ2v) is 4.81. The van der Waals surface area contributed by atoms with Crippen LogP contribution in [-0.2, 0) is 6.42 Å². The van der Waals surface area contributed by atoms with Crippen LogP contribution in [-0.4, -0.2) is 5.11 Å². The van der Waals surface area contributed by atoms with Gasteiger partial charge in [0.2, 0.25) is 0 Å². The van der Waals surface area contributed by atoms with E-state index in [-0.39, 0.29) is 0 Å². The minimum absolute atomic E-state index is 0.526. The highest BCUT2D eigenvalue weighted by Gasteiger charge is 2.10. The van der Waals surface area contributed by atoms with Crippen molar-refractivity contribution in [2.24, 2.45) is 0 Å². The average molecular weight is 240 g/mol. The minimum atomic E-state index is -0.526. The fraction of sp³-hybridized carbons (Fsp3) is 0.294. The second kappa shape index (κ2) is 5.83. The number of hydrogen-bond acceptors (Lipinski definition) is 1. The van der Waals surface area contributed by atoms with Crippen molar-refractivity contribution >= 4 is 0 Å². The van der Waals surface area contributed by atoms with E-state index in [2.05, 4.69) is 26.0 Å². The van der Waals surface area contributed by atoms with E-state index in [1.807, 2.05) is 36.4 Å². The summed E-state index contributed by atoms with van der Waals surface area (Å²) in [4.78, 5) is 0. The molecule has 1 unspecified atom stereocenters. The Morgan fingerprint density at radius 2 is 1.72 bits per heavy atom. The summed E-state index contributed by atoms with van der Waals surface area (Å²) in [6, 6.07) is 16.3. The van der Waals surface area contributed by atoms with Gasteiger partial charge in [-0.1, -0.05) is 67.4 Å². The fourth-order valence-electron chi connectivity index (χ4n) is 2.15. The van der Waals surface area contributed by atoms with Crippen molar-refractivity contribution in [2.75, 3.05) is 0 Å². The lowest BCUT2D eigenvalue weighted by molar-refractivity contribution is 0.220. The number of rotatable bonds is 4. The van der Waals surface area contributed by atoms with Gasteiger partial charge >= 0.3 is 0 Å². The largest absolute Gasteiger partial charge is 0.384 e. The maximum atomic E-state index is 10.4. The molecule has 0 fully saturated rings. The quantitative estimate of drug-likeness (QED) is 0.855. The first-order chi connectivity index (χ1) is 8.70. The molecule has 0 bridgehead atoms. The molecule has 0 aromatic heterocycles. The lowest BCUT2D eigenvalue weighted by Crippen LogP contribution is -2.00. The van der Waals surface area contributed by atoms with Crippen LogP contribution in [0, 0.1) is 6.92 Å². The molecular formula is C17H20O. The number of aryl methyl sites for hydroxylation is 2. The molecule has 2 aromatic rings. The van der Waals surface area contributed by atoms with Crippen molar-refractivity contribution in [1.82, 2.24) is 0 Å². The van der Waals surface area contributed by atoms with Crippen LogP contribution in [0.3, 0.4) is 0 Å². The molecule has 1 heteroatoms. The first-order valence-corrected chi connectivity index (χ1v) is 6.54. The summed E-state index contributed by atoms with van der Waals surface area (Å²) in [5, 5.41) is 10.4. The topological polar surface area (TPSA) is 20.2 Å². The minimum Gasteiger partial charge on any atom is -0.384 e. The van der Waals surface area contributed by atoms with Gasteiger partial charge in [0.05, 0.1) is 0 Å². The molecule has 0 saturated heterocycles. The lowest BCUT2D eigenvalue weighted by Gasteiger charge is -2.13. The Hall–Kier alpha value is -1.60. The first kappa shape index (κ1) is 12.8. The third kappa shape index (κ3) is 2.99. The molecule has 0 saturated carbocycles. The lowest BCUT2D eigenvalue weighted by atomic mass is 9.98. The highest BCUT2D eigenvalue weighted by molar-refractivity contribution is 5.33. The molecule has 0 heterocycles. The second-order valence-electron chi connectivity index (χ2n) is 4.81. The zero-order valence-electron chi connectivity index (χ0n) is 11.1. The van der Waals surface area contributed by atoms with Gasteiger partial charge in [0.1, 0.15) is 6.10 Å². The van der Waals surface area contributed by atoms with Crippen LogP contribution in [0.4, 0.5) is 0 Å². The summed E-state index contributed by atoms with van der Waals surface area (Å²) in [7, 11) is 0. The predicted molar refractivity (Wildman–Crippen MR) is 75.7 cm³/mol. The standard InChI is InChI=1S/C17H20O/c1-3-5-14-6-4-7-16(12-14)17(18)15-10-8-13(2)9-11-15/h4,6-12,17-18H,3,5H2,1-2H3. The smallest absolute Gasteiger partial charge is 0.104 e. The van der Waals surface area contributed by atoms with E-state index in [0.717, 1.165) is 24.0 Å². The highest BCUT2D eigenvalue weighted by atomic mass is 16.3. The van der Waals surface area contributed by atoms with Crippen LogP contribution in [0.2, 0.25) is 0 Å². The predicted octanol–water partition coefficient (Wildman–Crippen LogP) is 4.03. The van der Waals surface area contributed by atoms with Gasteiger partial charge in [-0.3, -0.25) is 0 Å². The number of benzene rings is 2. The van der Waals surface area contributed by atoms with Crippen LogP contribution in [0.25, 0.3) is 0 Å². The van der Waals surface area contributed by atoms with Crippen molar-refractivity contribution in [3.05, 3.63) is 70.8 Å². The maximum absolute atomic E-state index is 10.4. The van der Waals surface area contributed by atoms with E-state index < -0.39 is 6.10 Å². The molecule has 2 rings (SSSR count). The molecule has 0 amide bonds. The normalized spacial score (nSPS) is 12.4. The van der Waals surface area contributed by atoms with Gasteiger partial charge in [0, 0.05) is 0 Å². The summed E-state index contributed by atoms with van der Waals surface area (Å²) in [6.07, 6.45) is 1.67. The van der Waals surface area contributed by atoms with E-state index in [9.17, 15) is 5.11 Å². The molecule has 2 aromatic carbocycles. The van der Waals surface area contributed by atoms with Crippen molar-refractivity contribution in [2.45, 2.75) is 32.8 Å². The van der Waals surface area contributed by atoms with Gasteiger partial charge in [-0.2, -0.15) is 0 Å². The third-order valence-corrected chi connectivity index (χ3v) is 3.20. The summed E-state index contributed by atoms with van der Waals surface area (Å²) in [5.41, 5.74) is 4.44. The highest BCUT2D eigenvalue weighted by Crippen LogP contribution is 2.23. The molecule has 1 nitrogen and oxygen atoms in total. The van der Waals surface area contributed by atoms with E-state index in [1.165, 1.54) is 11.1 Å². The van der Waals surface area contributed by atoms with E-state index in [1.54, 1.807) is 0 Å². The SMILES string of the molecule is CCCc1cccc(C(O)c2ccc(C)cc2)c1. The molecule has 1 N–H and O–H groups in total. The van der Waals surface area contributed by atoms with Crippen LogP contribution < -0.4 is 0 Å². The Morgan fingerprint density at radius 1 is 1.00 bits per heavy atom. The number of hydrogen-bond donors (Lipinski definition) is 1. The first-order valence-electron chi connectivity index (χ1n) is 6.54. The average Bonchev–Trinajstić information content (AvgIpc) is 2.39. The van der Waals surface area contributed by atoms with Gasteiger partial charge in [-0.05, 0) is 30.0 Å². The van der Waals surface area contributed by atoms with Gasteiger partial charge in [-0.25, -0.2) is 0 Å². The molecule has 0 aliphatic carbocycles. The molecule has 1 atom stereocenters. The van der Waals surface area contributed by atoms with Crippen LogP contribution in [0.5, 0.6) is 0 Å². The summed E-state index contributed by atoms with van der Waals surface area (Å²) >= 11 is 0. The van der Waals surface area contributed by atoms with Crippen LogP contribution >= 0.6 is 0 Å². The Kier molecular flexibility index (Phi) is 4.16. The van der Waals surface area contributed by atoms with Crippen molar-refractivity contribution in [1.29, 1.82) is 0 Å². The van der Waals surface area contributed by atoms with Crippen LogP contribution in [0.1, 0.15) is 41.7 Å². The molecule has 18 heavy (non-hydrogen) atoms. The summed E-state index contributed by atoms with van der Waals surface area (Å²) in [6.45, 7) is 4.22. The molecule has 0 aliphatic heterocycles. The maximum Gasteiger partial charge on any atom is 0.104 e. The van der Waals surface area contributed by atoms with Crippen LogP contribution in [0.15, 0.2) is 48.5 Å². The van der Waals surface area contributed by atoms with Crippen molar-refractivity contribution < 1.29 is 5.11 Å². The Morgan fingerprint density at radius 3 is 2.39 bits per heavy atom. The van der Waals surface area contributed by atoms with Gasteiger partial charge < -0.3 is 5.11 Å². The number of aliphatic hydroxyl groups is 1. The Bertz CT molecular complexity index is 499. The van der Waals surface area contributed by atoms with Gasteiger partial charge in [0.15, 0.2) is 0 Å². The summed E-state index contributed by atoms with van der Waals surface area (Å²) < 4.78 is 0. The molecule has 0 radical (unpaired) electrons. The monoisotopic (exact) mass is 240 g/mol. The zero-order valence-corrected chi connectivity index (χ0v) is 11.1. The Labute approximate surface area is 109 Å². The van der Waals surface area contributed by atoms with E-state index in [4.69, 9.17) is 0 Å². The fourth-order valence-corrected chi connectivity index (χ4v) is 2.15. The zero-order chi connectivity index (χ0) is 13.0. The van der Waals surface area contributed by atoms with Gasteiger partial charge in [-0.15, -0.1) is 0 Å². The number of aliphatic hydroxyl groups excluding tert-OH is 1. The molecule has 0 spiro atoms. The molecule has 94 valence electrons. The van der Waals surface area contributed by atoms with E-state index >= 15 is 0 Å². The van der Waals surface area contributed by atoms with Gasteiger partial charge in [0.25, 0.3) is 0 Å². The third-order valence-electron chi connectivity index (χ3n) is 3.20. The Balaban J connectivity index is 2.24. The summed E-state index contributed by atoms with van der Waals surface area (Å²) in [5.74, 6) is 0. The molecule has 0 aliphatic rings. The van der Waals surface area contributed by atoms with E-state index in [0.29, 0.717) is 0 Å². The van der Waals surface area contributed by atoms with Crippen molar-refractivity contribution in [3.63, 3.8) is 0 Å². The molecular weight excluding hydrogens is 220 g/mol. The van der Waals surface area contributed by atoms with Crippen molar-refractivity contribution in [3.8, 4) is 0 Å².